The first-order valence-corrected chi connectivity index (χ1v) is 9.28. The molecule has 140 valence electrons. The summed E-state index contributed by atoms with van der Waals surface area (Å²) in [5, 5.41) is 12.3. The fourth-order valence-corrected chi connectivity index (χ4v) is 3.76. The molecule has 1 heterocycles. The quantitative estimate of drug-likeness (QED) is 0.846. The van der Waals surface area contributed by atoms with E-state index < -0.39 is 11.4 Å². The van der Waals surface area contributed by atoms with Gasteiger partial charge in [0.15, 0.2) is 0 Å². The van der Waals surface area contributed by atoms with Crippen LogP contribution in [0.2, 0.25) is 0 Å². The first-order chi connectivity index (χ1) is 12.4. The number of nitrogens with one attached hydrogen (secondary N) is 1. The summed E-state index contributed by atoms with van der Waals surface area (Å²) in [4.78, 5) is 38.0. The Morgan fingerprint density at radius 3 is 2.27 bits per heavy atom. The zero-order valence-electron chi connectivity index (χ0n) is 15.2. The molecule has 2 fully saturated rings. The highest BCUT2D eigenvalue weighted by Gasteiger charge is 2.46. The average Bonchev–Trinajstić information content (AvgIpc) is 2.58. The first-order valence-electron chi connectivity index (χ1n) is 9.28. The Labute approximate surface area is 153 Å². The van der Waals surface area contributed by atoms with Crippen molar-refractivity contribution in [1.82, 2.24) is 10.2 Å². The number of hydrogen-bond donors (Lipinski definition) is 2. The third-order valence-corrected chi connectivity index (χ3v) is 5.71. The highest BCUT2D eigenvalue weighted by molar-refractivity contribution is 5.94. The van der Waals surface area contributed by atoms with Gasteiger partial charge in [-0.15, -0.1) is 0 Å². The highest BCUT2D eigenvalue weighted by Crippen LogP contribution is 2.44. The van der Waals surface area contributed by atoms with Crippen molar-refractivity contribution in [2.75, 3.05) is 13.1 Å². The van der Waals surface area contributed by atoms with Crippen LogP contribution in [0.25, 0.3) is 0 Å². The lowest BCUT2D eigenvalue weighted by Crippen LogP contribution is -2.49. The van der Waals surface area contributed by atoms with Crippen LogP contribution in [0.3, 0.4) is 0 Å². The van der Waals surface area contributed by atoms with E-state index in [9.17, 15) is 19.5 Å². The maximum Gasteiger partial charge on any atom is 0.310 e. The fraction of sp³-hybridized carbons (Fsp3) is 0.550. The van der Waals surface area contributed by atoms with Gasteiger partial charge < -0.3 is 15.3 Å². The number of carbonyl (C=O) groups excluding carboxylic acids is 2. The van der Waals surface area contributed by atoms with Crippen LogP contribution in [0.15, 0.2) is 24.3 Å². The first kappa shape index (κ1) is 18.4. The fourth-order valence-electron chi connectivity index (χ4n) is 3.76. The summed E-state index contributed by atoms with van der Waals surface area (Å²) in [6, 6.07) is 7.55. The second kappa shape index (κ2) is 7.48. The summed E-state index contributed by atoms with van der Waals surface area (Å²) in [6.45, 7) is 3.18. The summed E-state index contributed by atoms with van der Waals surface area (Å²) < 4.78 is 0. The lowest BCUT2D eigenvalue weighted by Gasteiger charge is -2.38. The molecule has 1 aromatic carbocycles. The molecule has 6 nitrogen and oxygen atoms in total. The van der Waals surface area contributed by atoms with Gasteiger partial charge in [0.2, 0.25) is 5.91 Å². The Balaban J connectivity index is 1.47. The standard InChI is InChI=1S/C20H26N2O4/c1-14-3-5-15(6-4-14)18(24)22-11-7-16(8-12-22)21-17(23)13-20(19(25)26)9-2-10-20/h3-6,16H,2,7-13H2,1H3,(H,21,23)(H,25,26). The number of rotatable bonds is 5. The largest absolute Gasteiger partial charge is 0.481 e. The van der Waals surface area contributed by atoms with Gasteiger partial charge in [-0.3, -0.25) is 14.4 Å². The minimum Gasteiger partial charge on any atom is -0.481 e. The highest BCUT2D eigenvalue weighted by atomic mass is 16.4. The second-order valence-corrected chi connectivity index (χ2v) is 7.62. The van der Waals surface area contributed by atoms with Gasteiger partial charge in [-0.25, -0.2) is 0 Å². The smallest absolute Gasteiger partial charge is 0.310 e. The Hall–Kier alpha value is -2.37. The number of likely N-dealkylation sites (tertiary alicyclic amines) is 1. The molecule has 1 aliphatic heterocycles. The van der Waals surface area contributed by atoms with Crippen LogP contribution < -0.4 is 5.32 Å². The lowest BCUT2D eigenvalue weighted by molar-refractivity contribution is -0.157. The number of amides is 2. The number of aryl methyl sites for hydroxylation is 1. The molecular weight excluding hydrogens is 332 g/mol. The van der Waals surface area contributed by atoms with Crippen molar-refractivity contribution in [2.24, 2.45) is 5.41 Å². The molecule has 2 aliphatic rings. The van der Waals surface area contributed by atoms with Crippen molar-refractivity contribution in [3.8, 4) is 0 Å². The van der Waals surface area contributed by atoms with Crippen LogP contribution in [0.4, 0.5) is 0 Å². The van der Waals surface area contributed by atoms with Crippen LogP contribution in [0.5, 0.6) is 0 Å². The van der Waals surface area contributed by atoms with E-state index in [4.69, 9.17) is 0 Å². The maximum atomic E-state index is 12.5. The van der Waals surface area contributed by atoms with E-state index in [0.717, 1.165) is 12.0 Å². The number of piperidine rings is 1. The van der Waals surface area contributed by atoms with E-state index in [1.54, 1.807) is 0 Å². The van der Waals surface area contributed by atoms with Gasteiger partial charge in [-0.2, -0.15) is 0 Å². The summed E-state index contributed by atoms with van der Waals surface area (Å²) >= 11 is 0. The van der Waals surface area contributed by atoms with Crippen molar-refractivity contribution in [3.05, 3.63) is 35.4 Å². The topological polar surface area (TPSA) is 86.7 Å². The molecule has 1 aliphatic carbocycles. The predicted octanol–water partition coefficient (Wildman–Crippen LogP) is 2.36. The van der Waals surface area contributed by atoms with Crippen molar-refractivity contribution < 1.29 is 19.5 Å². The normalized spacial score (nSPS) is 19.5. The van der Waals surface area contributed by atoms with Crippen molar-refractivity contribution in [1.29, 1.82) is 0 Å². The molecule has 2 N–H and O–H groups in total. The van der Waals surface area contributed by atoms with Gasteiger partial charge in [-0.1, -0.05) is 24.1 Å². The molecule has 26 heavy (non-hydrogen) atoms. The molecule has 0 unspecified atom stereocenters. The molecule has 6 heteroatoms. The molecule has 3 rings (SSSR count). The van der Waals surface area contributed by atoms with Crippen molar-refractivity contribution >= 4 is 17.8 Å². The van der Waals surface area contributed by atoms with Crippen LogP contribution in [0.1, 0.15) is 54.4 Å². The summed E-state index contributed by atoms with van der Waals surface area (Å²) in [5.74, 6) is -1.03. The summed E-state index contributed by atoms with van der Waals surface area (Å²) in [7, 11) is 0. The van der Waals surface area contributed by atoms with Gasteiger partial charge in [0.05, 0.1) is 5.41 Å². The summed E-state index contributed by atoms with van der Waals surface area (Å²) in [6.07, 6.45) is 3.50. The Morgan fingerprint density at radius 1 is 1.15 bits per heavy atom. The average molecular weight is 358 g/mol. The Bertz CT molecular complexity index is 686. The molecule has 1 saturated heterocycles. The lowest BCUT2D eigenvalue weighted by atomic mass is 9.66. The predicted molar refractivity (Wildman–Crippen MR) is 96.8 cm³/mol. The van der Waals surface area contributed by atoms with Gasteiger partial charge >= 0.3 is 5.97 Å². The summed E-state index contributed by atoms with van der Waals surface area (Å²) in [5.41, 5.74) is 0.951. The zero-order chi connectivity index (χ0) is 18.7. The van der Waals surface area contributed by atoms with Crippen LogP contribution in [0, 0.1) is 12.3 Å². The number of carboxylic acids is 1. The third kappa shape index (κ3) is 3.89. The van der Waals surface area contributed by atoms with E-state index in [1.807, 2.05) is 36.1 Å². The molecule has 2 amide bonds. The molecule has 0 radical (unpaired) electrons. The zero-order valence-corrected chi connectivity index (χ0v) is 15.2. The number of carboxylic acid groups (broad SMARTS) is 1. The molecule has 1 saturated carbocycles. The van der Waals surface area contributed by atoms with Gasteiger partial charge in [0.25, 0.3) is 5.91 Å². The van der Waals surface area contributed by atoms with Crippen LogP contribution in [-0.4, -0.2) is 46.9 Å². The molecule has 0 atom stereocenters. The number of hydrogen-bond acceptors (Lipinski definition) is 3. The monoisotopic (exact) mass is 358 g/mol. The Morgan fingerprint density at radius 2 is 1.77 bits per heavy atom. The minimum atomic E-state index is -0.864. The third-order valence-electron chi connectivity index (χ3n) is 5.71. The van der Waals surface area contributed by atoms with E-state index in [1.165, 1.54) is 0 Å². The minimum absolute atomic E-state index is 0.00971. The molecular formula is C20H26N2O4. The number of nitrogens with zero attached hydrogens (tertiary/aromatic N) is 1. The van der Waals surface area contributed by atoms with Crippen LogP contribution >= 0.6 is 0 Å². The van der Waals surface area contributed by atoms with E-state index >= 15 is 0 Å². The van der Waals surface area contributed by atoms with Crippen molar-refractivity contribution in [3.63, 3.8) is 0 Å². The van der Waals surface area contributed by atoms with E-state index in [0.29, 0.717) is 44.3 Å². The van der Waals surface area contributed by atoms with Gasteiger partial charge in [0.1, 0.15) is 0 Å². The number of aliphatic carboxylic acids is 1. The van der Waals surface area contributed by atoms with Gasteiger partial charge in [-0.05, 0) is 44.7 Å². The van der Waals surface area contributed by atoms with Crippen molar-refractivity contribution in [2.45, 2.75) is 51.5 Å². The number of carbonyl (C=O) groups is 3. The maximum absolute atomic E-state index is 12.5. The molecule has 0 aromatic heterocycles. The van der Waals surface area contributed by atoms with E-state index in [-0.39, 0.29) is 24.3 Å². The Kier molecular flexibility index (Phi) is 5.30. The number of benzene rings is 1. The van der Waals surface area contributed by atoms with E-state index in [2.05, 4.69) is 5.32 Å². The SMILES string of the molecule is Cc1ccc(C(=O)N2CCC(NC(=O)CC3(C(=O)O)CCC3)CC2)cc1. The van der Waals surface area contributed by atoms with Gasteiger partial charge in [0, 0.05) is 31.1 Å². The van der Waals surface area contributed by atoms with Crippen LogP contribution in [-0.2, 0) is 9.59 Å². The molecule has 0 spiro atoms. The molecule has 0 bridgehead atoms. The molecule has 1 aromatic rings. The second-order valence-electron chi connectivity index (χ2n) is 7.62.